The number of aliphatic hydroxyl groups is 1. The van der Waals surface area contributed by atoms with Crippen LogP contribution < -0.4 is 5.32 Å². The summed E-state index contributed by atoms with van der Waals surface area (Å²) in [6.07, 6.45) is 10.1. The van der Waals surface area contributed by atoms with Gasteiger partial charge in [0.1, 0.15) is 6.26 Å². The Morgan fingerprint density at radius 2 is 1.96 bits per heavy atom. The first-order chi connectivity index (χ1) is 13.6. The first kappa shape index (κ1) is 21.3. The minimum Gasteiger partial charge on any atom is -0.447 e. The van der Waals surface area contributed by atoms with E-state index in [1.807, 2.05) is 0 Å². The molecule has 7 heteroatoms. The standard InChI is InChI=1S/C21H36N4O3/c1-2-3-9-18(26)14-24-10-12-25(13-11-24)15-20-23-19(16-28-20)21(27)22-17-7-5-4-6-8-17/h16-18,26H,2-15H2,1H3,(H,22,27)/t18-/m0/s1. The topological polar surface area (TPSA) is 81.8 Å². The number of piperazine rings is 1. The number of carbonyl (C=O) groups excluding carboxylic acids is 1. The highest BCUT2D eigenvalue weighted by Gasteiger charge is 2.22. The van der Waals surface area contributed by atoms with E-state index in [4.69, 9.17) is 4.42 Å². The van der Waals surface area contributed by atoms with Gasteiger partial charge in [0.25, 0.3) is 5.91 Å². The van der Waals surface area contributed by atoms with Gasteiger partial charge in [0, 0.05) is 38.8 Å². The number of nitrogens with one attached hydrogen (secondary N) is 1. The molecule has 1 atom stereocenters. The molecule has 1 aromatic heterocycles. The molecule has 1 aliphatic heterocycles. The lowest BCUT2D eigenvalue weighted by Gasteiger charge is -2.35. The highest BCUT2D eigenvalue weighted by Crippen LogP contribution is 2.18. The van der Waals surface area contributed by atoms with Gasteiger partial charge in [-0.1, -0.05) is 39.0 Å². The van der Waals surface area contributed by atoms with Crippen molar-refractivity contribution >= 4 is 5.91 Å². The average molecular weight is 393 g/mol. The van der Waals surface area contributed by atoms with Crippen LogP contribution in [0.2, 0.25) is 0 Å². The summed E-state index contributed by atoms with van der Waals surface area (Å²) >= 11 is 0. The summed E-state index contributed by atoms with van der Waals surface area (Å²) in [4.78, 5) is 21.4. The smallest absolute Gasteiger partial charge is 0.273 e. The number of unbranched alkanes of at least 4 members (excludes halogenated alkanes) is 1. The number of carbonyl (C=O) groups is 1. The molecule has 7 nitrogen and oxygen atoms in total. The largest absolute Gasteiger partial charge is 0.447 e. The van der Waals surface area contributed by atoms with Gasteiger partial charge in [-0.2, -0.15) is 0 Å². The van der Waals surface area contributed by atoms with Crippen LogP contribution in [0.3, 0.4) is 0 Å². The molecule has 1 amide bonds. The molecule has 2 N–H and O–H groups in total. The maximum absolute atomic E-state index is 12.4. The molecule has 2 fully saturated rings. The van der Waals surface area contributed by atoms with E-state index in [9.17, 15) is 9.90 Å². The Labute approximate surface area is 168 Å². The predicted molar refractivity (Wildman–Crippen MR) is 108 cm³/mol. The Morgan fingerprint density at radius 3 is 2.68 bits per heavy atom. The maximum Gasteiger partial charge on any atom is 0.273 e. The number of hydrogen-bond donors (Lipinski definition) is 2. The van der Waals surface area contributed by atoms with Crippen LogP contribution in [0.5, 0.6) is 0 Å². The highest BCUT2D eigenvalue weighted by molar-refractivity contribution is 5.92. The highest BCUT2D eigenvalue weighted by atomic mass is 16.3. The van der Waals surface area contributed by atoms with E-state index in [0.717, 1.165) is 64.8 Å². The van der Waals surface area contributed by atoms with E-state index >= 15 is 0 Å². The van der Waals surface area contributed by atoms with Crippen LogP contribution in [-0.4, -0.2) is 70.7 Å². The van der Waals surface area contributed by atoms with Crippen LogP contribution in [0, 0.1) is 0 Å². The SMILES string of the molecule is CCCC[C@H](O)CN1CCN(Cc2nc(C(=O)NC3CCCCC3)co2)CC1. The van der Waals surface area contributed by atoms with Crippen molar-refractivity contribution in [2.24, 2.45) is 0 Å². The number of hydrogen-bond acceptors (Lipinski definition) is 6. The van der Waals surface area contributed by atoms with Gasteiger partial charge in [0.05, 0.1) is 12.6 Å². The summed E-state index contributed by atoms with van der Waals surface area (Å²) in [6.45, 7) is 7.28. The van der Waals surface area contributed by atoms with E-state index in [1.54, 1.807) is 0 Å². The van der Waals surface area contributed by atoms with Crippen molar-refractivity contribution in [1.29, 1.82) is 0 Å². The molecule has 0 aromatic carbocycles. The molecule has 0 bridgehead atoms. The number of amides is 1. The van der Waals surface area contributed by atoms with E-state index in [0.29, 0.717) is 18.1 Å². The summed E-state index contributed by atoms with van der Waals surface area (Å²) in [5.41, 5.74) is 0.387. The molecule has 0 unspecified atom stereocenters. The van der Waals surface area contributed by atoms with E-state index < -0.39 is 0 Å². The Morgan fingerprint density at radius 1 is 1.25 bits per heavy atom. The molecule has 0 spiro atoms. The third kappa shape index (κ3) is 6.57. The van der Waals surface area contributed by atoms with Crippen LogP contribution >= 0.6 is 0 Å². The Kier molecular flexibility index (Phi) is 8.30. The maximum atomic E-state index is 12.4. The fraction of sp³-hybridized carbons (Fsp3) is 0.810. The van der Waals surface area contributed by atoms with Crippen LogP contribution in [0.15, 0.2) is 10.7 Å². The second-order valence-corrected chi connectivity index (χ2v) is 8.31. The molecule has 0 radical (unpaired) electrons. The molecule has 2 heterocycles. The van der Waals surface area contributed by atoms with Gasteiger partial charge in [0.2, 0.25) is 5.89 Å². The molecular weight excluding hydrogens is 356 g/mol. The summed E-state index contributed by atoms with van der Waals surface area (Å²) in [5, 5.41) is 13.2. The first-order valence-electron chi connectivity index (χ1n) is 11.0. The third-order valence-corrected chi connectivity index (χ3v) is 5.91. The van der Waals surface area contributed by atoms with Crippen molar-refractivity contribution in [2.45, 2.75) is 77.0 Å². The minimum atomic E-state index is -0.219. The van der Waals surface area contributed by atoms with Gasteiger partial charge in [-0.15, -0.1) is 0 Å². The zero-order valence-electron chi connectivity index (χ0n) is 17.2. The number of oxazole rings is 1. The van der Waals surface area contributed by atoms with Crippen LogP contribution in [0.1, 0.15) is 74.7 Å². The second kappa shape index (κ2) is 10.9. The lowest BCUT2D eigenvalue weighted by atomic mass is 9.95. The van der Waals surface area contributed by atoms with Crippen LogP contribution in [0.4, 0.5) is 0 Å². The molecule has 1 saturated carbocycles. The number of β-amino-alcohol motifs (C(OH)–C–C–N with tert-alkyl or cyclic N) is 1. The van der Waals surface area contributed by atoms with Gasteiger partial charge in [-0.05, 0) is 19.3 Å². The van der Waals surface area contributed by atoms with Gasteiger partial charge in [-0.25, -0.2) is 4.98 Å². The molecule has 3 rings (SSSR count). The van der Waals surface area contributed by atoms with Crippen molar-refractivity contribution in [3.8, 4) is 0 Å². The fourth-order valence-electron chi connectivity index (χ4n) is 4.14. The molecule has 158 valence electrons. The monoisotopic (exact) mass is 392 g/mol. The fourth-order valence-corrected chi connectivity index (χ4v) is 4.14. The Balaban J connectivity index is 1.39. The van der Waals surface area contributed by atoms with Crippen molar-refractivity contribution in [1.82, 2.24) is 20.1 Å². The molecule has 1 saturated heterocycles. The first-order valence-corrected chi connectivity index (χ1v) is 11.0. The van der Waals surface area contributed by atoms with Crippen molar-refractivity contribution in [3.63, 3.8) is 0 Å². The van der Waals surface area contributed by atoms with Gasteiger partial charge in [0.15, 0.2) is 5.69 Å². The summed E-state index contributed by atoms with van der Waals surface area (Å²) in [5.74, 6) is 0.484. The zero-order chi connectivity index (χ0) is 19.8. The van der Waals surface area contributed by atoms with Crippen molar-refractivity contribution in [3.05, 3.63) is 17.8 Å². The van der Waals surface area contributed by atoms with Gasteiger partial charge in [-0.3, -0.25) is 14.6 Å². The summed E-state index contributed by atoms with van der Waals surface area (Å²) in [6, 6.07) is 0.280. The minimum absolute atomic E-state index is 0.118. The Hall–Kier alpha value is -1.44. The summed E-state index contributed by atoms with van der Waals surface area (Å²) in [7, 11) is 0. The quantitative estimate of drug-likeness (QED) is 0.672. The van der Waals surface area contributed by atoms with E-state index in [2.05, 4.69) is 27.0 Å². The number of nitrogens with zero attached hydrogens (tertiary/aromatic N) is 3. The van der Waals surface area contributed by atoms with Crippen molar-refractivity contribution < 1.29 is 14.3 Å². The molecule has 1 aromatic rings. The van der Waals surface area contributed by atoms with Crippen molar-refractivity contribution in [2.75, 3.05) is 32.7 Å². The third-order valence-electron chi connectivity index (χ3n) is 5.91. The zero-order valence-corrected chi connectivity index (χ0v) is 17.2. The average Bonchev–Trinajstić information content (AvgIpc) is 3.17. The normalized spacial score (nSPS) is 20.9. The Bertz CT molecular complexity index is 592. The van der Waals surface area contributed by atoms with Gasteiger partial charge < -0.3 is 14.8 Å². The number of aromatic nitrogens is 1. The van der Waals surface area contributed by atoms with Gasteiger partial charge >= 0.3 is 0 Å². The summed E-state index contributed by atoms with van der Waals surface area (Å²) < 4.78 is 5.55. The molecule has 2 aliphatic rings. The number of rotatable bonds is 9. The molecule has 28 heavy (non-hydrogen) atoms. The van der Waals surface area contributed by atoms with Crippen LogP contribution in [-0.2, 0) is 6.54 Å². The lowest BCUT2D eigenvalue weighted by molar-refractivity contribution is 0.0627. The molecule has 1 aliphatic carbocycles. The lowest BCUT2D eigenvalue weighted by Crippen LogP contribution is -2.48. The molecular formula is C21H36N4O3. The predicted octanol–water partition coefficient (Wildman–Crippen LogP) is 2.41. The van der Waals surface area contributed by atoms with Crippen LogP contribution in [0.25, 0.3) is 0 Å². The van der Waals surface area contributed by atoms with E-state index in [1.165, 1.54) is 25.5 Å². The van der Waals surface area contributed by atoms with E-state index in [-0.39, 0.29) is 18.1 Å². The second-order valence-electron chi connectivity index (χ2n) is 8.31. The number of aliphatic hydroxyl groups excluding tert-OH is 1.